The van der Waals surface area contributed by atoms with E-state index in [1.807, 2.05) is 30.7 Å². The minimum atomic E-state index is -4.41. The van der Waals surface area contributed by atoms with Gasteiger partial charge in [-0.3, -0.25) is 4.79 Å². The lowest BCUT2D eigenvalue weighted by Crippen LogP contribution is -2.23. The molecule has 3 aromatic rings. The molecule has 0 saturated heterocycles. The molecule has 3 nitrogen and oxygen atoms in total. The number of esters is 1. The molecule has 1 N–H and O–H groups in total. The third-order valence-corrected chi connectivity index (χ3v) is 5.82. The van der Waals surface area contributed by atoms with Gasteiger partial charge in [-0.1, -0.05) is 37.3 Å². The molecule has 2 atom stereocenters. The van der Waals surface area contributed by atoms with Crippen molar-refractivity contribution in [2.24, 2.45) is 5.92 Å². The molecule has 0 aliphatic rings. The topological polar surface area (TPSA) is 42.1 Å². The van der Waals surface area contributed by atoms with Crippen molar-refractivity contribution in [3.63, 3.8) is 0 Å². The van der Waals surface area contributed by atoms with Crippen LogP contribution in [0.2, 0.25) is 0 Å². The number of aromatic amines is 1. The minimum absolute atomic E-state index is 0.245. The van der Waals surface area contributed by atoms with Crippen LogP contribution in [0.4, 0.5) is 13.2 Å². The first kappa shape index (κ1) is 22.3. The van der Waals surface area contributed by atoms with Crippen LogP contribution in [0.5, 0.6) is 0 Å². The number of alkyl halides is 3. The number of hydrogen-bond acceptors (Lipinski definition) is 3. The molecule has 30 heavy (non-hydrogen) atoms. The van der Waals surface area contributed by atoms with E-state index in [1.54, 1.807) is 25.6 Å². The predicted octanol–water partition coefficient (Wildman–Crippen LogP) is 6.38. The van der Waals surface area contributed by atoms with Crippen LogP contribution in [0.15, 0.2) is 48.7 Å². The first-order valence-corrected chi connectivity index (χ1v) is 11.1. The number of fused-ring (bicyclic) bond motifs is 1. The van der Waals surface area contributed by atoms with Crippen LogP contribution in [-0.4, -0.2) is 23.8 Å². The Kier molecular flexibility index (Phi) is 6.81. The molecule has 7 heteroatoms. The molecule has 1 aromatic heterocycles. The maximum atomic E-state index is 13.0. The summed E-state index contributed by atoms with van der Waals surface area (Å²) in [7, 11) is 0. The SMILES string of the molecule is CCOC(=O)C(C)C(c1ccc(C(F)(F)F)cc1)c1c[nH]c2c(CSC)cccc12. The molecule has 0 aliphatic carbocycles. The average Bonchev–Trinajstić information content (AvgIpc) is 3.13. The molecule has 0 aliphatic heterocycles. The molecular weight excluding hydrogens is 411 g/mol. The van der Waals surface area contributed by atoms with Crippen LogP contribution in [-0.2, 0) is 21.5 Å². The highest BCUT2D eigenvalue weighted by molar-refractivity contribution is 7.97. The summed E-state index contributed by atoms with van der Waals surface area (Å²) in [5.74, 6) is -0.554. The van der Waals surface area contributed by atoms with Crippen molar-refractivity contribution < 1.29 is 22.7 Å². The van der Waals surface area contributed by atoms with E-state index >= 15 is 0 Å². The van der Waals surface area contributed by atoms with E-state index in [4.69, 9.17) is 4.74 Å². The van der Waals surface area contributed by atoms with Crippen LogP contribution in [0.3, 0.4) is 0 Å². The number of carbonyl (C=O) groups excluding carboxylic acids is 1. The van der Waals surface area contributed by atoms with Gasteiger partial charge in [-0.2, -0.15) is 24.9 Å². The molecule has 0 radical (unpaired) electrons. The summed E-state index contributed by atoms with van der Waals surface area (Å²) in [5.41, 5.74) is 2.92. The number of carbonyl (C=O) groups is 1. The van der Waals surface area contributed by atoms with Crippen molar-refractivity contribution in [1.82, 2.24) is 4.98 Å². The van der Waals surface area contributed by atoms with E-state index in [1.165, 1.54) is 12.1 Å². The summed E-state index contributed by atoms with van der Waals surface area (Å²) in [6.45, 7) is 3.73. The van der Waals surface area contributed by atoms with Crippen molar-refractivity contribution in [2.75, 3.05) is 12.9 Å². The first-order chi connectivity index (χ1) is 14.3. The standard InChI is InChI=1S/C23H24F3NO2S/c1-4-29-22(28)14(2)20(15-8-10-17(11-9-15)23(24,25)26)19-12-27-21-16(13-30-3)6-5-7-18(19)21/h5-12,14,20,27H,4,13H2,1-3H3. The zero-order valence-corrected chi connectivity index (χ0v) is 17.9. The number of benzene rings is 2. The monoisotopic (exact) mass is 435 g/mol. The van der Waals surface area contributed by atoms with Crippen molar-refractivity contribution in [3.05, 3.63) is 70.9 Å². The van der Waals surface area contributed by atoms with Gasteiger partial charge in [0.25, 0.3) is 0 Å². The Labute approximate surface area is 178 Å². The summed E-state index contributed by atoms with van der Waals surface area (Å²) >= 11 is 1.70. The van der Waals surface area contributed by atoms with E-state index < -0.39 is 23.6 Å². The lowest BCUT2D eigenvalue weighted by Gasteiger charge is -2.23. The quantitative estimate of drug-likeness (QED) is 0.438. The third kappa shape index (κ3) is 4.51. The summed E-state index contributed by atoms with van der Waals surface area (Å²) in [5, 5.41) is 0.961. The Bertz CT molecular complexity index is 1010. The number of para-hydroxylation sites is 1. The fourth-order valence-electron chi connectivity index (χ4n) is 3.80. The zero-order valence-electron chi connectivity index (χ0n) is 17.0. The number of H-pyrrole nitrogens is 1. The van der Waals surface area contributed by atoms with Gasteiger partial charge in [0.15, 0.2) is 0 Å². The van der Waals surface area contributed by atoms with Gasteiger partial charge in [-0.15, -0.1) is 0 Å². The van der Waals surface area contributed by atoms with Crippen LogP contribution in [0, 0.1) is 5.92 Å². The van der Waals surface area contributed by atoms with Gasteiger partial charge in [0.1, 0.15) is 0 Å². The Morgan fingerprint density at radius 1 is 1.17 bits per heavy atom. The Morgan fingerprint density at radius 2 is 1.87 bits per heavy atom. The number of halogens is 3. The van der Waals surface area contributed by atoms with Crippen molar-refractivity contribution in [2.45, 2.75) is 31.7 Å². The van der Waals surface area contributed by atoms with Gasteiger partial charge in [-0.05, 0) is 42.0 Å². The van der Waals surface area contributed by atoms with Gasteiger partial charge < -0.3 is 9.72 Å². The van der Waals surface area contributed by atoms with Crippen molar-refractivity contribution in [1.29, 1.82) is 0 Å². The second kappa shape index (κ2) is 9.16. The lowest BCUT2D eigenvalue weighted by molar-refractivity contribution is -0.147. The van der Waals surface area contributed by atoms with E-state index in [-0.39, 0.29) is 12.6 Å². The Balaban J connectivity index is 2.12. The van der Waals surface area contributed by atoms with E-state index in [9.17, 15) is 18.0 Å². The number of thioether (sulfide) groups is 1. The van der Waals surface area contributed by atoms with Crippen molar-refractivity contribution in [3.8, 4) is 0 Å². The van der Waals surface area contributed by atoms with Crippen LogP contribution in [0.1, 0.15) is 42.0 Å². The van der Waals surface area contributed by atoms with Crippen LogP contribution >= 0.6 is 11.8 Å². The molecule has 1 heterocycles. The highest BCUT2D eigenvalue weighted by Gasteiger charge is 2.33. The van der Waals surface area contributed by atoms with Crippen molar-refractivity contribution >= 4 is 28.6 Å². The molecule has 3 rings (SSSR count). The lowest BCUT2D eigenvalue weighted by atomic mass is 9.81. The fourth-order valence-corrected chi connectivity index (χ4v) is 4.35. The molecule has 0 bridgehead atoms. The normalized spacial score (nSPS) is 13.9. The summed E-state index contributed by atoms with van der Waals surface area (Å²) in [6, 6.07) is 11.0. The summed E-state index contributed by atoms with van der Waals surface area (Å²) in [6.07, 6.45) is -0.530. The summed E-state index contributed by atoms with van der Waals surface area (Å²) < 4.78 is 44.3. The van der Waals surface area contributed by atoms with Crippen LogP contribution in [0.25, 0.3) is 10.9 Å². The highest BCUT2D eigenvalue weighted by Crippen LogP contribution is 2.39. The second-order valence-electron chi connectivity index (χ2n) is 7.15. The number of rotatable bonds is 7. The highest BCUT2D eigenvalue weighted by atomic mass is 32.2. The number of aromatic nitrogens is 1. The van der Waals surface area contributed by atoms with Gasteiger partial charge in [-0.25, -0.2) is 0 Å². The van der Waals surface area contributed by atoms with E-state index in [2.05, 4.69) is 4.98 Å². The molecule has 0 fully saturated rings. The molecule has 2 aromatic carbocycles. The molecular formula is C23H24F3NO2S. The predicted molar refractivity (Wildman–Crippen MR) is 115 cm³/mol. The molecule has 0 spiro atoms. The summed E-state index contributed by atoms with van der Waals surface area (Å²) in [4.78, 5) is 15.9. The molecule has 0 amide bonds. The third-order valence-electron chi connectivity index (χ3n) is 5.22. The Hall–Kier alpha value is -2.41. The molecule has 160 valence electrons. The van der Waals surface area contributed by atoms with Gasteiger partial charge >= 0.3 is 12.1 Å². The van der Waals surface area contributed by atoms with E-state index in [0.717, 1.165) is 39.9 Å². The first-order valence-electron chi connectivity index (χ1n) is 9.69. The maximum Gasteiger partial charge on any atom is 0.416 e. The van der Waals surface area contributed by atoms with Gasteiger partial charge in [0.05, 0.1) is 18.1 Å². The largest absolute Gasteiger partial charge is 0.466 e. The average molecular weight is 436 g/mol. The number of nitrogens with one attached hydrogen (secondary N) is 1. The molecule has 0 saturated carbocycles. The number of hydrogen-bond donors (Lipinski definition) is 1. The fraction of sp³-hybridized carbons (Fsp3) is 0.348. The number of ether oxygens (including phenoxy) is 1. The second-order valence-corrected chi connectivity index (χ2v) is 8.02. The van der Waals surface area contributed by atoms with Gasteiger partial charge in [0, 0.05) is 28.8 Å². The maximum absolute atomic E-state index is 13.0. The Morgan fingerprint density at radius 3 is 2.47 bits per heavy atom. The van der Waals surface area contributed by atoms with Gasteiger partial charge in [0.2, 0.25) is 0 Å². The smallest absolute Gasteiger partial charge is 0.416 e. The van der Waals surface area contributed by atoms with E-state index in [0.29, 0.717) is 5.56 Å². The zero-order chi connectivity index (χ0) is 21.9. The molecule has 2 unspecified atom stereocenters. The minimum Gasteiger partial charge on any atom is -0.466 e. The van der Waals surface area contributed by atoms with Crippen LogP contribution < -0.4 is 0 Å².